The number of aliphatic imine (C=N–C) groups is 1. The van der Waals surface area contributed by atoms with Gasteiger partial charge in [-0.25, -0.2) is 9.79 Å². The van der Waals surface area contributed by atoms with Crippen LogP contribution in [0.15, 0.2) is 68.9 Å². The topological polar surface area (TPSA) is 80.9 Å². The van der Waals surface area contributed by atoms with Crippen LogP contribution in [0.1, 0.15) is 23.0 Å². The lowest BCUT2D eigenvalue weighted by Gasteiger charge is -2.02. The number of hydrogen-bond acceptors (Lipinski definition) is 6. The number of amidine groups is 1. The second kappa shape index (κ2) is 9.65. The van der Waals surface area contributed by atoms with Crippen LogP contribution in [0.4, 0.5) is 5.69 Å². The van der Waals surface area contributed by atoms with Gasteiger partial charge in [-0.05, 0) is 55.1 Å². The van der Waals surface area contributed by atoms with E-state index in [0.717, 1.165) is 5.56 Å². The molecule has 9 heteroatoms. The molecule has 1 amide bonds. The van der Waals surface area contributed by atoms with E-state index in [-0.39, 0.29) is 11.9 Å². The van der Waals surface area contributed by atoms with Crippen LogP contribution in [0.25, 0.3) is 17.4 Å². The maximum absolute atomic E-state index is 12.3. The summed E-state index contributed by atoms with van der Waals surface area (Å²) in [7, 11) is 0. The fourth-order valence-electron chi connectivity index (χ4n) is 2.87. The largest absolute Gasteiger partial charge is 0.462 e. The van der Waals surface area contributed by atoms with Gasteiger partial charge in [0.2, 0.25) is 0 Å². The Balaban J connectivity index is 1.50. The smallest absolute Gasteiger partial charge is 0.338 e. The summed E-state index contributed by atoms with van der Waals surface area (Å²) in [6, 6.07) is 15.6. The SMILES string of the molecule is CCOC(=O)c1ccc(-c2ccc(C=C3SC(=Nc4cccc(Cl)c4Cl)NC3=O)o2)cc1. The molecular formula is C23H16Cl2N2O4S. The predicted molar refractivity (Wildman–Crippen MR) is 127 cm³/mol. The zero-order chi connectivity index (χ0) is 22.7. The van der Waals surface area contributed by atoms with Crippen molar-refractivity contribution < 1.29 is 18.7 Å². The summed E-state index contributed by atoms with van der Waals surface area (Å²) < 4.78 is 10.8. The number of amides is 1. The van der Waals surface area contributed by atoms with Crippen LogP contribution in [-0.4, -0.2) is 23.7 Å². The number of hydrogen-bond donors (Lipinski definition) is 1. The van der Waals surface area contributed by atoms with Crippen molar-refractivity contribution in [2.75, 3.05) is 6.61 Å². The van der Waals surface area contributed by atoms with Gasteiger partial charge in [0.05, 0.1) is 32.8 Å². The molecule has 1 saturated heterocycles. The molecule has 4 rings (SSSR count). The van der Waals surface area contributed by atoms with Crippen LogP contribution in [0.3, 0.4) is 0 Å². The van der Waals surface area contributed by atoms with Gasteiger partial charge in [-0.3, -0.25) is 4.79 Å². The van der Waals surface area contributed by atoms with Crippen molar-refractivity contribution in [1.29, 1.82) is 0 Å². The molecule has 2 heterocycles. The summed E-state index contributed by atoms with van der Waals surface area (Å²) in [6.07, 6.45) is 1.64. The molecule has 1 aromatic heterocycles. The first-order chi connectivity index (χ1) is 15.4. The second-order valence-electron chi connectivity index (χ2n) is 6.55. The molecule has 162 valence electrons. The summed E-state index contributed by atoms with van der Waals surface area (Å²) in [4.78, 5) is 28.9. The van der Waals surface area contributed by atoms with E-state index in [1.165, 1.54) is 11.8 Å². The van der Waals surface area contributed by atoms with Crippen LogP contribution in [0, 0.1) is 0 Å². The number of ether oxygens (including phenoxy) is 1. The van der Waals surface area contributed by atoms with Crippen LogP contribution in [0.2, 0.25) is 10.0 Å². The van der Waals surface area contributed by atoms with E-state index < -0.39 is 0 Å². The minimum atomic E-state index is -0.371. The van der Waals surface area contributed by atoms with Crippen LogP contribution in [-0.2, 0) is 9.53 Å². The Labute approximate surface area is 198 Å². The first-order valence-electron chi connectivity index (χ1n) is 9.55. The summed E-state index contributed by atoms with van der Waals surface area (Å²) in [5, 5.41) is 3.80. The minimum Gasteiger partial charge on any atom is -0.462 e. The zero-order valence-electron chi connectivity index (χ0n) is 16.7. The van der Waals surface area contributed by atoms with Crippen molar-refractivity contribution in [3.8, 4) is 11.3 Å². The Kier molecular flexibility index (Phi) is 6.69. The average Bonchev–Trinajstić information content (AvgIpc) is 3.38. The maximum atomic E-state index is 12.3. The summed E-state index contributed by atoms with van der Waals surface area (Å²) in [5.74, 6) is 0.456. The minimum absolute atomic E-state index is 0.288. The second-order valence-corrected chi connectivity index (χ2v) is 8.37. The monoisotopic (exact) mass is 486 g/mol. The van der Waals surface area contributed by atoms with Crippen molar-refractivity contribution in [3.05, 3.63) is 80.9 Å². The highest BCUT2D eigenvalue weighted by atomic mass is 35.5. The van der Waals surface area contributed by atoms with E-state index in [4.69, 9.17) is 32.4 Å². The zero-order valence-corrected chi connectivity index (χ0v) is 19.1. The molecule has 3 aromatic rings. The van der Waals surface area contributed by atoms with E-state index in [2.05, 4.69) is 10.3 Å². The Morgan fingerprint density at radius 2 is 1.94 bits per heavy atom. The third-order valence-electron chi connectivity index (χ3n) is 4.38. The Morgan fingerprint density at radius 1 is 1.16 bits per heavy atom. The number of carbonyl (C=O) groups is 2. The molecule has 2 aromatic carbocycles. The Bertz CT molecular complexity index is 1250. The molecule has 0 spiro atoms. The van der Waals surface area contributed by atoms with Crippen molar-refractivity contribution in [2.45, 2.75) is 6.92 Å². The molecular weight excluding hydrogens is 471 g/mol. The standard InChI is InChI=1S/C23H16Cl2N2O4S/c1-2-30-22(29)14-8-6-13(7-9-14)18-11-10-15(31-18)12-19-21(28)27-23(32-19)26-17-5-3-4-16(24)20(17)25/h3-12H,2H2,1H3,(H,26,27,28). The number of rotatable bonds is 5. The molecule has 0 bridgehead atoms. The summed E-state index contributed by atoms with van der Waals surface area (Å²) in [5.41, 5.74) is 1.73. The number of thioether (sulfide) groups is 1. The quantitative estimate of drug-likeness (QED) is 0.337. The lowest BCUT2D eigenvalue weighted by atomic mass is 10.1. The van der Waals surface area contributed by atoms with E-state index in [1.807, 2.05) is 0 Å². The fourth-order valence-corrected chi connectivity index (χ4v) is 4.02. The lowest BCUT2D eigenvalue weighted by Crippen LogP contribution is -2.19. The lowest BCUT2D eigenvalue weighted by molar-refractivity contribution is -0.115. The van der Waals surface area contributed by atoms with Gasteiger partial charge >= 0.3 is 5.97 Å². The van der Waals surface area contributed by atoms with Gasteiger partial charge in [-0.1, -0.05) is 41.4 Å². The Morgan fingerprint density at radius 3 is 2.69 bits per heavy atom. The van der Waals surface area contributed by atoms with Crippen LogP contribution in [0.5, 0.6) is 0 Å². The van der Waals surface area contributed by atoms with Crippen molar-refractivity contribution in [3.63, 3.8) is 0 Å². The molecule has 1 N–H and O–H groups in total. The molecule has 32 heavy (non-hydrogen) atoms. The maximum Gasteiger partial charge on any atom is 0.338 e. The molecule has 0 saturated carbocycles. The van der Waals surface area contributed by atoms with E-state index in [9.17, 15) is 9.59 Å². The highest BCUT2D eigenvalue weighted by Crippen LogP contribution is 2.35. The van der Waals surface area contributed by atoms with E-state index in [0.29, 0.717) is 49.5 Å². The molecule has 0 atom stereocenters. The number of esters is 1. The van der Waals surface area contributed by atoms with Crippen LogP contribution >= 0.6 is 35.0 Å². The molecule has 1 fully saturated rings. The summed E-state index contributed by atoms with van der Waals surface area (Å²) >= 11 is 13.3. The highest BCUT2D eigenvalue weighted by Gasteiger charge is 2.24. The van der Waals surface area contributed by atoms with E-state index in [1.54, 1.807) is 67.6 Å². The molecule has 6 nitrogen and oxygen atoms in total. The normalized spacial score (nSPS) is 15.9. The van der Waals surface area contributed by atoms with Gasteiger partial charge in [-0.15, -0.1) is 0 Å². The number of benzene rings is 2. The van der Waals surface area contributed by atoms with Gasteiger partial charge in [0.1, 0.15) is 11.5 Å². The average molecular weight is 487 g/mol. The predicted octanol–water partition coefficient (Wildman–Crippen LogP) is 6.32. The van der Waals surface area contributed by atoms with Crippen LogP contribution < -0.4 is 5.32 Å². The van der Waals surface area contributed by atoms with Crippen molar-refractivity contribution >= 4 is 63.8 Å². The Hall–Kier alpha value is -3.00. The first kappa shape index (κ1) is 22.2. The van der Waals surface area contributed by atoms with E-state index >= 15 is 0 Å². The van der Waals surface area contributed by atoms with Crippen molar-refractivity contribution in [1.82, 2.24) is 5.32 Å². The number of nitrogens with zero attached hydrogens (tertiary/aromatic N) is 1. The van der Waals surface area contributed by atoms with Crippen molar-refractivity contribution in [2.24, 2.45) is 4.99 Å². The number of halogens is 2. The van der Waals surface area contributed by atoms with Gasteiger partial charge in [0.25, 0.3) is 5.91 Å². The number of furan rings is 1. The first-order valence-corrected chi connectivity index (χ1v) is 11.1. The van der Waals surface area contributed by atoms with Gasteiger partial charge in [0.15, 0.2) is 5.17 Å². The molecule has 0 unspecified atom stereocenters. The third kappa shape index (κ3) is 4.91. The molecule has 1 aliphatic heterocycles. The molecule has 0 radical (unpaired) electrons. The number of carbonyl (C=O) groups excluding carboxylic acids is 2. The summed E-state index contributed by atoms with van der Waals surface area (Å²) in [6.45, 7) is 2.08. The fraction of sp³-hybridized carbons (Fsp3) is 0.0870. The third-order valence-corrected chi connectivity index (χ3v) is 6.10. The number of nitrogens with one attached hydrogen (secondary N) is 1. The molecule has 0 aliphatic carbocycles. The van der Waals surface area contributed by atoms with Gasteiger partial charge in [-0.2, -0.15) is 0 Å². The van der Waals surface area contributed by atoms with Gasteiger partial charge < -0.3 is 14.5 Å². The van der Waals surface area contributed by atoms with Gasteiger partial charge in [0, 0.05) is 11.6 Å². The molecule has 1 aliphatic rings. The highest BCUT2D eigenvalue weighted by molar-refractivity contribution is 8.18.